The molecule has 1 aromatic carbocycles. The molecular weight excluding hydrogens is 414 g/mol. The maximum absolute atomic E-state index is 9.76. The van der Waals surface area contributed by atoms with E-state index >= 15 is 0 Å². The summed E-state index contributed by atoms with van der Waals surface area (Å²) in [5, 5.41) is 14.5. The zero-order chi connectivity index (χ0) is 22.8. The molecule has 8 nitrogen and oxygen atoms in total. The summed E-state index contributed by atoms with van der Waals surface area (Å²) >= 11 is 0. The molecule has 0 amide bonds. The van der Waals surface area contributed by atoms with Crippen LogP contribution in [0.25, 0.3) is 10.9 Å². The van der Waals surface area contributed by atoms with Gasteiger partial charge in [0.1, 0.15) is 24.0 Å². The Hall–Kier alpha value is -3.44. The summed E-state index contributed by atoms with van der Waals surface area (Å²) in [4.78, 5) is 18.2. The lowest BCUT2D eigenvalue weighted by Crippen LogP contribution is -2.43. The summed E-state index contributed by atoms with van der Waals surface area (Å²) in [6, 6.07) is 8.88. The first-order valence-corrected chi connectivity index (χ1v) is 11.6. The molecule has 5 rings (SSSR count). The van der Waals surface area contributed by atoms with Crippen LogP contribution in [0.2, 0.25) is 0 Å². The molecule has 0 saturated carbocycles. The van der Waals surface area contributed by atoms with Gasteiger partial charge >= 0.3 is 0 Å². The quantitative estimate of drug-likeness (QED) is 0.656. The standard InChI is InChI=1S/C25H29N7O/c1-17-10-18(2)24-21(11-17)25(19(13-26)14-27-24)30-20-4-3-5-32(15-20)23-12-22(28-16-29-23)31-6-8-33-9-7-31/h10-12,14,16,20H,3-9,15H2,1-2H3,(H,27,30). The number of nitrogens with zero attached hydrogens (tertiary/aromatic N) is 6. The molecule has 8 heteroatoms. The van der Waals surface area contributed by atoms with Crippen LogP contribution in [0.15, 0.2) is 30.7 Å². The third kappa shape index (κ3) is 4.41. The number of fused-ring (bicyclic) bond motifs is 1. The number of hydrogen-bond donors (Lipinski definition) is 1. The SMILES string of the molecule is Cc1cc(C)c2ncc(C#N)c(NC3CCCN(c4cc(N5CCOCC5)ncn4)C3)c2c1. The lowest BCUT2D eigenvalue weighted by molar-refractivity contribution is 0.122. The van der Waals surface area contributed by atoms with Gasteiger partial charge in [0.15, 0.2) is 0 Å². The molecular formula is C25H29N7O. The maximum Gasteiger partial charge on any atom is 0.134 e. The lowest BCUT2D eigenvalue weighted by Gasteiger charge is -2.35. The number of ether oxygens (including phenoxy) is 1. The highest BCUT2D eigenvalue weighted by Gasteiger charge is 2.24. The molecule has 0 spiro atoms. The van der Waals surface area contributed by atoms with Gasteiger partial charge in [-0.3, -0.25) is 4.98 Å². The molecule has 1 unspecified atom stereocenters. The van der Waals surface area contributed by atoms with E-state index in [1.165, 1.54) is 5.56 Å². The second-order valence-electron chi connectivity index (χ2n) is 8.90. The largest absolute Gasteiger partial charge is 0.379 e. The topological polar surface area (TPSA) is 90.2 Å². The molecule has 0 radical (unpaired) electrons. The van der Waals surface area contributed by atoms with Crippen molar-refractivity contribution in [2.45, 2.75) is 32.7 Å². The molecule has 0 bridgehead atoms. The first-order valence-electron chi connectivity index (χ1n) is 11.6. The summed E-state index contributed by atoms with van der Waals surface area (Å²) in [7, 11) is 0. The Balaban J connectivity index is 1.39. The highest BCUT2D eigenvalue weighted by molar-refractivity contribution is 5.96. The average Bonchev–Trinajstić information content (AvgIpc) is 2.85. The number of nitriles is 1. The molecule has 33 heavy (non-hydrogen) atoms. The molecule has 1 N–H and O–H groups in total. The van der Waals surface area contributed by atoms with Crippen LogP contribution >= 0.6 is 0 Å². The van der Waals surface area contributed by atoms with Crippen molar-refractivity contribution in [1.82, 2.24) is 15.0 Å². The fraction of sp³-hybridized carbons (Fsp3) is 0.440. The monoisotopic (exact) mass is 443 g/mol. The van der Waals surface area contributed by atoms with E-state index < -0.39 is 0 Å². The second kappa shape index (κ2) is 9.20. The summed E-state index contributed by atoms with van der Waals surface area (Å²) in [5.41, 5.74) is 4.71. The maximum atomic E-state index is 9.76. The third-order valence-corrected chi connectivity index (χ3v) is 6.49. The van der Waals surface area contributed by atoms with Crippen molar-refractivity contribution in [3.8, 4) is 6.07 Å². The molecule has 2 aromatic heterocycles. The zero-order valence-electron chi connectivity index (χ0n) is 19.2. The number of pyridine rings is 1. The Kier molecular flexibility index (Phi) is 5.97. The second-order valence-corrected chi connectivity index (χ2v) is 8.90. The zero-order valence-corrected chi connectivity index (χ0v) is 19.2. The van der Waals surface area contributed by atoms with Crippen molar-refractivity contribution in [3.05, 3.63) is 47.4 Å². The van der Waals surface area contributed by atoms with E-state index in [0.29, 0.717) is 5.56 Å². The number of piperidine rings is 1. The van der Waals surface area contributed by atoms with Crippen LogP contribution in [-0.2, 0) is 4.74 Å². The Morgan fingerprint density at radius 1 is 1.03 bits per heavy atom. The van der Waals surface area contributed by atoms with Gasteiger partial charge in [0, 0.05) is 49.9 Å². The van der Waals surface area contributed by atoms with E-state index in [0.717, 1.165) is 86.0 Å². The van der Waals surface area contributed by atoms with Gasteiger partial charge in [-0.05, 0) is 38.3 Å². The van der Waals surface area contributed by atoms with E-state index in [1.807, 2.05) is 0 Å². The number of hydrogen-bond acceptors (Lipinski definition) is 8. The van der Waals surface area contributed by atoms with Crippen molar-refractivity contribution < 1.29 is 4.74 Å². The number of aromatic nitrogens is 3. The fourth-order valence-corrected chi connectivity index (χ4v) is 4.88. The number of rotatable bonds is 4. The Labute approximate surface area is 194 Å². The minimum absolute atomic E-state index is 0.207. The summed E-state index contributed by atoms with van der Waals surface area (Å²) in [5.74, 6) is 1.90. The number of morpholine rings is 1. The van der Waals surface area contributed by atoms with Crippen LogP contribution in [0.3, 0.4) is 0 Å². The van der Waals surface area contributed by atoms with E-state index in [-0.39, 0.29) is 6.04 Å². The third-order valence-electron chi connectivity index (χ3n) is 6.49. The molecule has 2 saturated heterocycles. The van der Waals surface area contributed by atoms with Crippen molar-refractivity contribution >= 4 is 28.2 Å². The lowest BCUT2D eigenvalue weighted by atomic mass is 10.0. The predicted molar refractivity (Wildman–Crippen MR) is 130 cm³/mol. The van der Waals surface area contributed by atoms with Gasteiger partial charge < -0.3 is 19.9 Å². The Bertz CT molecular complexity index is 1200. The van der Waals surface area contributed by atoms with Gasteiger partial charge in [0.2, 0.25) is 0 Å². The molecule has 0 aliphatic carbocycles. The highest BCUT2D eigenvalue weighted by Crippen LogP contribution is 2.31. The van der Waals surface area contributed by atoms with Crippen LogP contribution in [0.4, 0.5) is 17.3 Å². The molecule has 4 heterocycles. The summed E-state index contributed by atoms with van der Waals surface area (Å²) in [6.45, 7) is 9.10. The molecule has 2 fully saturated rings. The number of anilines is 3. The molecule has 170 valence electrons. The minimum atomic E-state index is 0.207. The van der Waals surface area contributed by atoms with E-state index in [1.54, 1.807) is 12.5 Å². The highest BCUT2D eigenvalue weighted by atomic mass is 16.5. The number of nitrogens with one attached hydrogen (secondary N) is 1. The van der Waals surface area contributed by atoms with Crippen LogP contribution in [-0.4, -0.2) is 60.4 Å². The summed E-state index contributed by atoms with van der Waals surface area (Å²) < 4.78 is 5.47. The first kappa shape index (κ1) is 21.4. The van der Waals surface area contributed by atoms with Crippen molar-refractivity contribution in [1.29, 1.82) is 5.26 Å². The van der Waals surface area contributed by atoms with E-state index in [2.05, 4.69) is 68.2 Å². The normalized spacial score (nSPS) is 18.9. The van der Waals surface area contributed by atoms with Crippen molar-refractivity contribution in [2.24, 2.45) is 0 Å². The van der Waals surface area contributed by atoms with Crippen molar-refractivity contribution in [3.63, 3.8) is 0 Å². The molecule has 2 aliphatic heterocycles. The average molecular weight is 444 g/mol. The predicted octanol–water partition coefficient (Wildman–Crippen LogP) is 3.43. The van der Waals surface area contributed by atoms with Crippen LogP contribution in [0.1, 0.15) is 29.5 Å². The van der Waals surface area contributed by atoms with Crippen LogP contribution in [0.5, 0.6) is 0 Å². The van der Waals surface area contributed by atoms with Crippen molar-refractivity contribution in [2.75, 3.05) is 54.5 Å². The first-order chi connectivity index (χ1) is 16.1. The molecule has 1 atom stereocenters. The number of benzene rings is 1. The van der Waals surface area contributed by atoms with Gasteiger partial charge in [-0.15, -0.1) is 0 Å². The van der Waals surface area contributed by atoms with Gasteiger partial charge in [-0.2, -0.15) is 5.26 Å². The minimum Gasteiger partial charge on any atom is -0.379 e. The van der Waals surface area contributed by atoms with Crippen LogP contribution in [0, 0.1) is 25.2 Å². The smallest absolute Gasteiger partial charge is 0.134 e. The fourth-order valence-electron chi connectivity index (χ4n) is 4.88. The van der Waals surface area contributed by atoms with Gasteiger partial charge in [0.05, 0.1) is 30.0 Å². The van der Waals surface area contributed by atoms with Gasteiger partial charge in [-0.1, -0.05) is 11.6 Å². The molecule has 2 aliphatic rings. The Morgan fingerprint density at radius 2 is 1.82 bits per heavy atom. The molecule has 3 aromatic rings. The van der Waals surface area contributed by atoms with Gasteiger partial charge in [0.25, 0.3) is 0 Å². The van der Waals surface area contributed by atoms with Crippen LogP contribution < -0.4 is 15.1 Å². The Morgan fingerprint density at radius 3 is 2.61 bits per heavy atom. The number of aryl methyl sites for hydroxylation is 2. The summed E-state index contributed by atoms with van der Waals surface area (Å²) in [6.07, 6.45) is 5.44. The van der Waals surface area contributed by atoms with E-state index in [9.17, 15) is 5.26 Å². The van der Waals surface area contributed by atoms with Gasteiger partial charge in [-0.25, -0.2) is 9.97 Å². The van der Waals surface area contributed by atoms with E-state index in [4.69, 9.17) is 4.74 Å².